The molecule has 1 amide bonds. The first-order valence-corrected chi connectivity index (χ1v) is 8.73. The predicted molar refractivity (Wildman–Crippen MR) is 94.0 cm³/mol. The van der Waals surface area contributed by atoms with Crippen molar-refractivity contribution in [3.8, 4) is 0 Å². The van der Waals surface area contributed by atoms with Gasteiger partial charge in [0.1, 0.15) is 0 Å². The van der Waals surface area contributed by atoms with E-state index in [0.29, 0.717) is 11.6 Å². The standard InChI is InChI=1S/C17H23ClN4O/c1-2-3-8-19-16(23)12-5-4-9-22(11-12)17-20-14-7-6-13(18)10-15(14)21-17/h6-7,10,12H,2-5,8-9,11H2,1H3,(H,19,23)(H,20,21)/t12-/m0/s1. The summed E-state index contributed by atoms with van der Waals surface area (Å²) in [7, 11) is 0. The second kappa shape index (κ2) is 7.21. The van der Waals surface area contributed by atoms with E-state index < -0.39 is 0 Å². The summed E-state index contributed by atoms with van der Waals surface area (Å²) in [5, 5.41) is 3.74. The third kappa shape index (κ3) is 3.78. The number of nitrogens with zero attached hydrogens (tertiary/aromatic N) is 2. The fourth-order valence-corrected chi connectivity index (χ4v) is 3.21. The topological polar surface area (TPSA) is 61.0 Å². The molecule has 0 aliphatic carbocycles. The van der Waals surface area contributed by atoms with Crippen molar-refractivity contribution < 1.29 is 4.79 Å². The molecule has 1 aromatic heterocycles. The molecule has 1 aliphatic rings. The molecule has 23 heavy (non-hydrogen) atoms. The van der Waals surface area contributed by atoms with Crippen molar-refractivity contribution >= 4 is 34.5 Å². The number of hydrogen-bond donors (Lipinski definition) is 2. The summed E-state index contributed by atoms with van der Waals surface area (Å²) in [4.78, 5) is 22.4. The Morgan fingerprint density at radius 1 is 1.52 bits per heavy atom. The van der Waals surface area contributed by atoms with Gasteiger partial charge in [0.15, 0.2) is 0 Å². The van der Waals surface area contributed by atoms with Gasteiger partial charge in [-0.3, -0.25) is 4.79 Å². The van der Waals surface area contributed by atoms with Crippen LogP contribution < -0.4 is 10.2 Å². The zero-order valence-electron chi connectivity index (χ0n) is 13.4. The van der Waals surface area contributed by atoms with Gasteiger partial charge in [0.2, 0.25) is 11.9 Å². The van der Waals surface area contributed by atoms with Crippen LogP contribution in [0.25, 0.3) is 11.0 Å². The number of aromatic amines is 1. The molecule has 1 atom stereocenters. The Labute approximate surface area is 141 Å². The van der Waals surface area contributed by atoms with E-state index in [4.69, 9.17) is 11.6 Å². The van der Waals surface area contributed by atoms with Gasteiger partial charge >= 0.3 is 0 Å². The van der Waals surface area contributed by atoms with Crippen LogP contribution in [0.1, 0.15) is 32.6 Å². The van der Waals surface area contributed by atoms with Gasteiger partial charge in [0.05, 0.1) is 17.0 Å². The van der Waals surface area contributed by atoms with Gasteiger partial charge in [-0.2, -0.15) is 0 Å². The van der Waals surface area contributed by atoms with E-state index in [-0.39, 0.29) is 11.8 Å². The van der Waals surface area contributed by atoms with Gasteiger partial charge in [0, 0.05) is 24.7 Å². The molecule has 0 unspecified atom stereocenters. The summed E-state index contributed by atoms with van der Waals surface area (Å²) < 4.78 is 0. The zero-order chi connectivity index (χ0) is 16.2. The largest absolute Gasteiger partial charge is 0.356 e. The average molecular weight is 335 g/mol. The fraction of sp³-hybridized carbons (Fsp3) is 0.529. The SMILES string of the molecule is CCCCNC(=O)[C@H]1CCCN(c2nc3ccc(Cl)cc3[nH]2)C1. The van der Waals surface area contributed by atoms with Gasteiger partial charge in [-0.05, 0) is 37.5 Å². The first kappa shape index (κ1) is 16.1. The van der Waals surface area contributed by atoms with E-state index in [1.165, 1.54) is 0 Å². The minimum absolute atomic E-state index is 0.0393. The molecule has 1 aliphatic heterocycles. The number of hydrogen-bond acceptors (Lipinski definition) is 3. The number of anilines is 1. The van der Waals surface area contributed by atoms with Gasteiger partial charge in [0.25, 0.3) is 0 Å². The average Bonchev–Trinajstić information content (AvgIpc) is 2.98. The number of benzene rings is 1. The lowest BCUT2D eigenvalue weighted by molar-refractivity contribution is -0.125. The number of carbonyl (C=O) groups is 1. The first-order chi connectivity index (χ1) is 11.2. The third-order valence-corrected chi connectivity index (χ3v) is 4.59. The van der Waals surface area contributed by atoms with Gasteiger partial charge < -0.3 is 15.2 Å². The van der Waals surface area contributed by atoms with Gasteiger partial charge in [-0.15, -0.1) is 0 Å². The molecule has 2 aromatic rings. The highest BCUT2D eigenvalue weighted by atomic mass is 35.5. The van der Waals surface area contributed by atoms with Crippen LogP contribution >= 0.6 is 11.6 Å². The molecule has 124 valence electrons. The number of nitrogens with one attached hydrogen (secondary N) is 2. The van der Waals surface area contributed by atoms with E-state index in [2.05, 4.69) is 27.1 Å². The fourth-order valence-electron chi connectivity index (χ4n) is 3.03. The maximum absolute atomic E-state index is 12.3. The van der Waals surface area contributed by atoms with Crippen molar-refractivity contribution in [3.05, 3.63) is 23.2 Å². The molecule has 3 rings (SSSR count). The van der Waals surface area contributed by atoms with Crippen LogP contribution in [-0.4, -0.2) is 35.5 Å². The summed E-state index contributed by atoms with van der Waals surface area (Å²) >= 11 is 6.02. The second-order valence-electron chi connectivity index (χ2n) is 6.15. The molecule has 6 heteroatoms. The van der Waals surface area contributed by atoms with Crippen LogP contribution in [0, 0.1) is 5.92 Å². The summed E-state index contributed by atoms with van der Waals surface area (Å²) in [6.07, 6.45) is 4.08. The van der Waals surface area contributed by atoms with Gasteiger partial charge in [-0.25, -0.2) is 4.98 Å². The predicted octanol–water partition coefficient (Wildman–Crippen LogP) is 3.35. The number of halogens is 1. The Hall–Kier alpha value is -1.75. The molecule has 1 fully saturated rings. The van der Waals surface area contributed by atoms with Crippen LogP contribution in [0.3, 0.4) is 0 Å². The van der Waals surface area contributed by atoms with E-state index in [9.17, 15) is 4.79 Å². The first-order valence-electron chi connectivity index (χ1n) is 8.35. The lowest BCUT2D eigenvalue weighted by Gasteiger charge is -2.31. The number of rotatable bonds is 5. The Morgan fingerprint density at radius 3 is 3.22 bits per heavy atom. The number of aromatic nitrogens is 2. The molecule has 1 saturated heterocycles. The Kier molecular flexibility index (Phi) is 5.06. The Morgan fingerprint density at radius 2 is 2.39 bits per heavy atom. The lowest BCUT2D eigenvalue weighted by Crippen LogP contribution is -2.43. The van der Waals surface area contributed by atoms with E-state index in [0.717, 1.165) is 55.8 Å². The third-order valence-electron chi connectivity index (χ3n) is 4.35. The molecule has 2 heterocycles. The van der Waals surface area contributed by atoms with Crippen molar-refractivity contribution in [2.75, 3.05) is 24.5 Å². The molecular formula is C17H23ClN4O. The smallest absolute Gasteiger partial charge is 0.224 e. The van der Waals surface area contributed by atoms with Gasteiger partial charge in [-0.1, -0.05) is 24.9 Å². The highest BCUT2D eigenvalue weighted by Crippen LogP contribution is 2.25. The Balaban J connectivity index is 1.68. The van der Waals surface area contributed by atoms with Crippen molar-refractivity contribution in [2.24, 2.45) is 5.92 Å². The van der Waals surface area contributed by atoms with Crippen LogP contribution in [0.5, 0.6) is 0 Å². The monoisotopic (exact) mass is 334 g/mol. The van der Waals surface area contributed by atoms with Crippen molar-refractivity contribution in [2.45, 2.75) is 32.6 Å². The summed E-state index contributed by atoms with van der Waals surface area (Å²) in [6.45, 7) is 4.54. The second-order valence-corrected chi connectivity index (χ2v) is 6.59. The summed E-state index contributed by atoms with van der Waals surface area (Å²) in [6, 6.07) is 5.64. The van der Waals surface area contributed by atoms with Crippen molar-refractivity contribution in [1.29, 1.82) is 0 Å². The molecule has 0 bridgehead atoms. The number of H-pyrrole nitrogens is 1. The Bertz CT molecular complexity index is 684. The van der Waals surface area contributed by atoms with E-state index >= 15 is 0 Å². The quantitative estimate of drug-likeness (QED) is 0.824. The normalized spacial score (nSPS) is 18.3. The minimum atomic E-state index is 0.0393. The molecule has 0 saturated carbocycles. The number of imidazole rings is 1. The van der Waals surface area contributed by atoms with E-state index in [1.807, 2.05) is 18.2 Å². The number of carbonyl (C=O) groups excluding carboxylic acids is 1. The van der Waals surface area contributed by atoms with Crippen LogP contribution in [-0.2, 0) is 4.79 Å². The highest BCUT2D eigenvalue weighted by molar-refractivity contribution is 6.31. The van der Waals surface area contributed by atoms with Crippen LogP contribution in [0.15, 0.2) is 18.2 Å². The molecule has 1 aromatic carbocycles. The number of amides is 1. The summed E-state index contributed by atoms with van der Waals surface area (Å²) in [5.74, 6) is 1.04. The highest BCUT2D eigenvalue weighted by Gasteiger charge is 2.27. The summed E-state index contributed by atoms with van der Waals surface area (Å²) in [5.41, 5.74) is 1.83. The molecular weight excluding hydrogens is 312 g/mol. The van der Waals surface area contributed by atoms with Crippen molar-refractivity contribution in [3.63, 3.8) is 0 Å². The number of unbranched alkanes of at least 4 members (excludes halogenated alkanes) is 1. The molecule has 0 spiro atoms. The van der Waals surface area contributed by atoms with Crippen LogP contribution in [0.2, 0.25) is 5.02 Å². The van der Waals surface area contributed by atoms with Crippen LogP contribution in [0.4, 0.5) is 5.95 Å². The lowest BCUT2D eigenvalue weighted by atomic mass is 9.97. The molecule has 5 nitrogen and oxygen atoms in total. The minimum Gasteiger partial charge on any atom is -0.356 e. The van der Waals surface area contributed by atoms with E-state index in [1.54, 1.807) is 0 Å². The zero-order valence-corrected chi connectivity index (χ0v) is 14.2. The maximum atomic E-state index is 12.3. The number of piperidine rings is 1. The number of fused-ring (bicyclic) bond motifs is 1. The molecule has 0 radical (unpaired) electrons. The maximum Gasteiger partial charge on any atom is 0.224 e. The van der Waals surface area contributed by atoms with Crippen molar-refractivity contribution in [1.82, 2.24) is 15.3 Å². The molecule has 2 N–H and O–H groups in total.